The molecule has 2 heterocycles. The Bertz CT molecular complexity index is 1570. The number of anilines is 1. The number of ether oxygens (including phenoxy) is 1. The Hall–Kier alpha value is -3.06. The molecule has 2 bridgehead atoms. The van der Waals surface area contributed by atoms with Gasteiger partial charge in [0.1, 0.15) is 5.75 Å². The first-order valence-corrected chi connectivity index (χ1v) is 17.2. The number of nitriles is 1. The minimum Gasteiger partial charge on any atom is -0.490 e. The topological polar surface area (TPSA) is 120 Å². The van der Waals surface area contributed by atoms with Crippen molar-refractivity contribution in [1.82, 2.24) is 4.72 Å². The Morgan fingerprint density at radius 3 is 2.84 bits per heavy atom. The summed E-state index contributed by atoms with van der Waals surface area (Å²) < 4.78 is 35.4. The van der Waals surface area contributed by atoms with Crippen LogP contribution in [-0.4, -0.2) is 50.5 Å². The van der Waals surface area contributed by atoms with Crippen LogP contribution in [0.1, 0.15) is 72.9 Å². The van der Waals surface area contributed by atoms with Gasteiger partial charge in [0.2, 0.25) is 10.0 Å². The van der Waals surface area contributed by atoms with Gasteiger partial charge in [-0.3, -0.25) is 4.79 Å². The highest BCUT2D eigenvalue weighted by Gasteiger charge is 2.44. The van der Waals surface area contributed by atoms with E-state index in [0.717, 1.165) is 42.8 Å². The molecule has 1 fully saturated rings. The van der Waals surface area contributed by atoms with Gasteiger partial charge in [0.05, 0.1) is 29.7 Å². The number of nitrogens with zero attached hydrogens (tertiary/aromatic N) is 2. The molecule has 0 aromatic heterocycles. The van der Waals surface area contributed by atoms with Crippen LogP contribution in [0, 0.1) is 23.2 Å². The Balaban J connectivity index is 1.40. The molecule has 0 unspecified atom stereocenters. The number of amides is 1. The highest BCUT2D eigenvalue weighted by Crippen LogP contribution is 2.46. The van der Waals surface area contributed by atoms with Crippen LogP contribution in [0.5, 0.6) is 5.75 Å². The van der Waals surface area contributed by atoms with E-state index in [9.17, 15) is 18.3 Å². The number of carbonyl (C=O) groups is 1. The second kappa shape index (κ2) is 12.1. The van der Waals surface area contributed by atoms with Crippen molar-refractivity contribution in [3.05, 3.63) is 70.3 Å². The summed E-state index contributed by atoms with van der Waals surface area (Å²) in [6.07, 6.45) is 8.70. The fourth-order valence-electron chi connectivity index (χ4n) is 7.42. The lowest BCUT2D eigenvalue weighted by molar-refractivity contribution is 0.0456. The van der Waals surface area contributed by atoms with Crippen LogP contribution in [0.4, 0.5) is 5.69 Å². The maximum atomic E-state index is 13.4. The molecule has 0 saturated heterocycles. The number of fused-ring (bicyclic) bond motifs is 4. The first-order valence-electron chi connectivity index (χ1n) is 15.3. The van der Waals surface area contributed by atoms with Gasteiger partial charge in [0.25, 0.3) is 5.91 Å². The SMILES string of the molecule is N#CCC[C@@H]1CC/C=C/[C@H](O)[C@@H]2CC[C@H]2CN2C[C@@]3(CCCc4cc(Cl)ccc43)COc3ccc(cc32)C(=O)NS1(=O)=O. The largest absolute Gasteiger partial charge is 0.490 e. The number of benzene rings is 2. The molecular weight excluding hydrogens is 586 g/mol. The minimum atomic E-state index is -4.05. The van der Waals surface area contributed by atoms with E-state index in [1.807, 2.05) is 18.2 Å². The lowest BCUT2D eigenvalue weighted by Crippen LogP contribution is -2.49. The molecule has 2 N–H and O–H groups in total. The zero-order valence-corrected chi connectivity index (χ0v) is 25.7. The molecule has 43 heavy (non-hydrogen) atoms. The molecule has 4 aliphatic rings. The summed E-state index contributed by atoms with van der Waals surface area (Å²) in [5.41, 5.74) is 3.19. The predicted molar refractivity (Wildman–Crippen MR) is 166 cm³/mol. The first-order chi connectivity index (χ1) is 20.7. The summed E-state index contributed by atoms with van der Waals surface area (Å²) in [4.78, 5) is 15.7. The molecule has 1 amide bonds. The quantitative estimate of drug-likeness (QED) is 0.437. The number of hydrogen-bond acceptors (Lipinski definition) is 7. The summed E-state index contributed by atoms with van der Waals surface area (Å²) in [7, 11) is -4.05. The van der Waals surface area contributed by atoms with Crippen LogP contribution in [0.15, 0.2) is 48.6 Å². The van der Waals surface area contributed by atoms with Crippen molar-refractivity contribution >= 4 is 33.2 Å². The molecule has 1 spiro atoms. The molecule has 0 radical (unpaired) electrons. The molecule has 1 saturated carbocycles. The van der Waals surface area contributed by atoms with Gasteiger partial charge in [-0.2, -0.15) is 5.26 Å². The van der Waals surface area contributed by atoms with Crippen molar-refractivity contribution in [2.75, 3.05) is 24.6 Å². The number of aliphatic hydroxyl groups excluding tert-OH is 1. The van der Waals surface area contributed by atoms with E-state index in [-0.39, 0.29) is 42.1 Å². The van der Waals surface area contributed by atoms with E-state index in [0.29, 0.717) is 31.9 Å². The number of nitrogens with one attached hydrogen (secondary N) is 1. The van der Waals surface area contributed by atoms with E-state index in [2.05, 4.69) is 21.8 Å². The number of sulfonamides is 1. The third-order valence-corrected chi connectivity index (χ3v) is 12.0. The van der Waals surface area contributed by atoms with E-state index >= 15 is 0 Å². The first kappa shape index (κ1) is 30.0. The third-order valence-electron chi connectivity index (χ3n) is 9.91. The van der Waals surface area contributed by atoms with Gasteiger partial charge in [-0.25, -0.2) is 13.1 Å². The van der Waals surface area contributed by atoms with Crippen molar-refractivity contribution in [2.24, 2.45) is 11.8 Å². The maximum absolute atomic E-state index is 13.4. The average molecular weight is 624 g/mol. The maximum Gasteiger partial charge on any atom is 0.264 e. The van der Waals surface area contributed by atoms with Crippen molar-refractivity contribution < 1.29 is 23.1 Å². The summed E-state index contributed by atoms with van der Waals surface area (Å²) >= 11 is 6.38. The Labute approximate surface area is 258 Å². The van der Waals surface area contributed by atoms with Crippen molar-refractivity contribution in [3.8, 4) is 11.8 Å². The van der Waals surface area contributed by atoms with Gasteiger partial charge in [0, 0.05) is 35.5 Å². The van der Waals surface area contributed by atoms with E-state index < -0.39 is 27.3 Å². The van der Waals surface area contributed by atoms with Gasteiger partial charge in [0.15, 0.2) is 0 Å². The summed E-state index contributed by atoms with van der Waals surface area (Å²) in [6, 6.07) is 13.3. The summed E-state index contributed by atoms with van der Waals surface area (Å²) in [5.74, 6) is 0.308. The Kier molecular flexibility index (Phi) is 8.47. The van der Waals surface area contributed by atoms with Crippen LogP contribution >= 0.6 is 11.6 Å². The number of rotatable bonds is 2. The van der Waals surface area contributed by atoms with E-state index in [4.69, 9.17) is 21.6 Å². The van der Waals surface area contributed by atoms with E-state index in [1.165, 1.54) is 11.1 Å². The fraction of sp³-hybridized carbons (Fsp3) is 0.515. The predicted octanol–water partition coefficient (Wildman–Crippen LogP) is 5.28. The molecule has 228 valence electrons. The molecule has 2 aromatic carbocycles. The number of aryl methyl sites for hydroxylation is 1. The van der Waals surface area contributed by atoms with Crippen LogP contribution in [0.2, 0.25) is 5.02 Å². The zero-order chi connectivity index (χ0) is 30.2. The lowest BCUT2D eigenvalue weighted by Gasteiger charge is -2.45. The number of allylic oxidation sites excluding steroid dienone is 1. The summed E-state index contributed by atoms with van der Waals surface area (Å²) in [5, 5.41) is 20.0. The number of halogens is 1. The average Bonchev–Trinajstić information content (AvgIpc) is 3.11. The summed E-state index contributed by atoms with van der Waals surface area (Å²) in [6.45, 7) is 1.84. The molecule has 2 aliphatic heterocycles. The van der Waals surface area contributed by atoms with Gasteiger partial charge in [-0.05, 0) is 105 Å². The fourth-order valence-corrected chi connectivity index (χ4v) is 9.03. The number of hydrogen-bond donors (Lipinski definition) is 2. The molecule has 8 nitrogen and oxygen atoms in total. The van der Waals surface area contributed by atoms with Gasteiger partial charge < -0.3 is 14.7 Å². The highest BCUT2D eigenvalue weighted by atomic mass is 35.5. The van der Waals surface area contributed by atoms with Crippen LogP contribution in [0.25, 0.3) is 0 Å². The van der Waals surface area contributed by atoms with Crippen molar-refractivity contribution in [1.29, 1.82) is 5.26 Å². The van der Waals surface area contributed by atoms with Gasteiger partial charge >= 0.3 is 0 Å². The Morgan fingerprint density at radius 2 is 2.05 bits per heavy atom. The molecule has 2 aliphatic carbocycles. The normalized spacial score (nSPS) is 30.8. The zero-order valence-electron chi connectivity index (χ0n) is 24.2. The molecule has 10 heteroatoms. The Morgan fingerprint density at radius 1 is 1.19 bits per heavy atom. The third kappa shape index (κ3) is 6.02. The number of carbonyl (C=O) groups excluding carboxylic acids is 1. The minimum absolute atomic E-state index is 0.0675. The lowest BCUT2D eigenvalue weighted by atomic mass is 9.68. The highest BCUT2D eigenvalue weighted by molar-refractivity contribution is 7.90. The van der Waals surface area contributed by atoms with E-state index in [1.54, 1.807) is 24.3 Å². The van der Waals surface area contributed by atoms with Crippen molar-refractivity contribution in [3.63, 3.8) is 0 Å². The number of aliphatic hydroxyl groups is 1. The molecule has 6 rings (SSSR count). The smallest absolute Gasteiger partial charge is 0.264 e. The van der Waals surface area contributed by atoms with Gasteiger partial charge in [-0.15, -0.1) is 0 Å². The molecule has 5 atom stereocenters. The van der Waals surface area contributed by atoms with Crippen LogP contribution in [-0.2, 0) is 21.9 Å². The second-order valence-electron chi connectivity index (χ2n) is 12.6. The van der Waals surface area contributed by atoms with Gasteiger partial charge in [-0.1, -0.05) is 29.8 Å². The molecular formula is C33H38ClN3O5S. The monoisotopic (exact) mass is 623 g/mol. The van der Waals surface area contributed by atoms with Crippen LogP contribution in [0.3, 0.4) is 0 Å². The van der Waals surface area contributed by atoms with Crippen LogP contribution < -0.4 is 14.4 Å². The second-order valence-corrected chi connectivity index (χ2v) is 15.0. The molecule has 2 aromatic rings. The standard InChI is InChI=1S/C33H38ClN3O5S/c34-25-11-13-28-22(17-25)5-3-15-33(28)20-37-19-24-9-12-27(24)30(38)8-2-1-6-26(7-4-16-35)43(40,41)36-32(39)23-10-14-31(42-21-33)29(37)18-23/h2,8,10-11,13-14,17-18,24,26-27,30,38H,1,3-7,9,12,15,19-21H2,(H,36,39)/b8-2+/t24-,26-,27+,30-,33-/m0/s1. The van der Waals surface area contributed by atoms with Crippen molar-refractivity contribution in [2.45, 2.75) is 74.6 Å².